The van der Waals surface area contributed by atoms with Crippen molar-refractivity contribution < 1.29 is 39.6 Å². The fourth-order valence-electron chi connectivity index (χ4n) is 2.13. The molecule has 0 spiro atoms. The lowest BCUT2D eigenvalue weighted by Gasteiger charge is -2.16. The van der Waals surface area contributed by atoms with Crippen molar-refractivity contribution in [1.82, 2.24) is 0 Å². The summed E-state index contributed by atoms with van der Waals surface area (Å²) in [5.41, 5.74) is -4.58. The van der Waals surface area contributed by atoms with Crippen molar-refractivity contribution in [1.29, 1.82) is 0 Å². The molecule has 0 radical (unpaired) electrons. The summed E-state index contributed by atoms with van der Waals surface area (Å²) in [6.45, 7) is 0. The number of rotatable bonds is 3. The summed E-state index contributed by atoms with van der Waals surface area (Å²) in [6, 6.07) is 3.13. The van der Waals surface area contributed by atoms with Crippen molar-refractivity contribution in [3.05, 3.63) is 58.1 Å². The van der Waals surface area contributed by atoms with Crippen molar-refractivity contribution in [2.24, 2.45) is 5.14 Å². The van der Waals surface area contributed by atoms with Gasteiger partial charge in [-0.05, 0) is 36.4 Å². The first-order valence-corrected chi connectivity index (χ1v) is 8.95. The molecule has 0 heterocycles. The molecule has 0 fully saturated rings. The number of hydrogen-bond donors (Lipinski definition) is 2. The number of hydrogen-bond acceptors (Lipinski definition) is 3. The van der Waals surface area contributed by atoms with Gasteiger partial charge < -0.3 is 5.32 Å². The van der Waals surface area contributed by atoms with Gasteiger partial charge >= 0.3 is 12.4 Å². The van der Waals surface area contributed by atoms with Gasteiger partial charge in [0, 0.05) is 5.56 Å². The number of nitrogens with one attached hydrogen (secondary N) is 1. The second-order valence-electron chi connectivity index (χ2n) is 5.40. The third-order valence-corrected chi connectivity index (χ3v) is 4.79. The highest BCUT2D eigenvalue weighted by Crippen LogP contribution is 2.39. The van der Waals surface area contributed by atoms with Gasteiger partial charge in [-0.3, -0.25) is 4.79 Å². The Morgan fingerprint density at radius 3 is 2.07 bits per heavy atom. The highest BCUT2D eigenvalue weighted by Gasteiger charge is 2.37. The van der Waals surface area contributed by atoms with Crippen molar-refractivity contribution >= 4 is 33.2 Å². The van der Waals surface area contributed by atoms with Crippen LogP contribution in [0.4, 0.5) is 32.0 Å². The molecule has 2 rings (SSSR count). The van der Waals surface area contributed by atoms with E-state index in [0.717, 1.165) is 12.1 Å². The largest absolute Gasteiger partial charge is 0.418 e. The third kappa shape index (κ3) is 4.94. The first kappa shape index (κ1) is 22.0. The molecule has 0 aliphatic heterocycles. The molecule has 3 N–H and O–H groups in total. The van der Waals surface area contributed by atoms with Crippen LogP contribution in [-0.2, 0) is 22.4 Å². The standard InChI is InChI=1S/C15H9ClF6N2O3S/c16-10-4-1-7(5-12(10)28(23,26)27)13(25)24-11-6-8(14(17,18)19)2-3-9(11)15(20,21)22/h1-6H,(H,24,25)(H2,23,26,27). The fourth-order valence-corrected chi connectivity index (χ4v) is 3.20. The smallest absolute Gasteiger partial charge is 0.321 e. The van der Waals surface area contributed by atoms with Crippen LogP contribution in [0.2, 0.25) is 5.02 Å². The lowest BCUT2D eigenvalue weighted by Crippen LogP contribution is -2.19. The fraction of sp³-hybridized carbons (Fsp3) is 0.133. The van der Waals surface area contributed by atoms with Crippen LogP contribution in [0.25, 0.3) is 0 Å². The summed E-state index contributed by atoms with van der Waals surface area (Å²) in [5, 5.41) is 6.26. The highest BCUT2D eigenvalue weighted by molar-refractivity contribution is 7.89. The number of alkyl halides is 6. The molecular formula is C15H9ClF6N2O3S. The molecule has 0 aliphatic carbocycles. The second-order valence-corrected chi connectivity index (χ2v) is 7.34. The minimum atomic E-state index is -5.06. The normalized spacial score (nSPS) is 12.7. The number of carbonyl (C=O) groups excluding carboxylic acids is 1. The van der Waals surface area contributed by atoms with Gasteiger partial charge in [0.05, 0.1) is 21.8 Å². The van der Waals surface area contributed by atoms with Crippen LogP contribution in [-0.4, -0.2) is 14.3 Å². The van der Waals surface area contributed by atoms with Crippen LogP contribution >= 0.6 is 11.6 Å². The van der Waals surface area contributed by atoms with Crippen molar-refractivity contribution in [3.8, 4) is 0 Å². The maximum Gasteiger partial charge on any atom is 0.418 e. The number of sulfonamides is 1. The van der Waals surface area contributed by atoms with E-state index in [9.17, 15) is 39.6 Å². The van der Waals surface area contributed by atoms with Crippen LogP contribution in [0.3, 0.4) is 0 Å². The first-order chi connectivity index (χ1) is 12.6. The van der Waals surface area contributed by atoms with E-state index in [1.807, 2.05) is 0 Å². The molecule has 152 valence electrons. The molecule has 2 aromatic carbocycles. The minimum Gasteiger partial charge on any atom is -0.321 e. The van der Waals surface area contributed by atoms with E-state index in [1.54, 1.807) is 5.32 Å². The topological polar surface area (TPSA) is 89.3 Å². The summed E-state index contributed by atoms with van der Waals surface area (Å²) in [6.07, 6.45) is -10.0. The third-order valence-electron chi connectivity index (χ3n) is 3.40. The monoisotopic (exact) mass is 446 g/mol. The molecule has 0 unspecified atom stereocenters. The predicted molar refractivity (Wildman–Crippen MR) is 87.2 cm³/mol. The Morgan fingerprint density at radius 1 is 0.964 bits per heavy atom. The molecular weight excluding hydrogens is 438 g/mol. The Kier molecular flexibility index (Phi) is 5.70. The lowest BCUT2D eigenvalue weighted by molar-refractivity contribution is -0.140. The van der Waals surface area contributed by atoms with Crippen LogP contribution in [0.1, 0.15) is 21.5 Å². The zero-order valence-corrected chi connectivity index (χ0v) is 14.9. The number of benzene rings is 2. The molecule has 0 atom stereocenters. The molecule has 0 aliphatic rings. The van der Waals surface area contributed by atoms with Crippen LogP contribution in [0.15, 0.2) is 41.3 Å². The van der Waals surface area contributed by atoms with Crippen LogP contribution < -0.4 is 10.5 Å². The summed E-state index contributed by atoms with van der Waals surface area (Å²) in [5.74, 6) is -1.30. The zero-order valence-electron chi connectivity index (χ0n) is 13.3. The van der Waals surface area contributed by atoms with Gasteiger partial charge in [-0.2, -0.15) is 26.3 Å². The van der Waals surface area contributed by atoms with Gasteiger partial charge in [0.25, 0.3) is 5.91 Å². The van der Waals surface area contributed by atoms with Crippen molar-refractivity contribution in [2.45, 2.75) is 17.2 Å². The highest BCUT2D eigenvalue weighted by atomic mass is 35.5. The van der Waals surface area contributed by atoms with Gasteiger partial charge in [0.2, 0.25) is 10.0 Å². The number of nitrogens with two attached hydrogens (primary N) is 1. The minimum absolute atomic E-state index is 0.122. The maximum absolute atomic E-state index is 13.1. The van der Waals surface area contributed by atoms with Crippen LogP contribution in [0, 0.1) is 0 Å². The SMILES string of the molecule is NS(=O)(=O)c1cc(C(=O)Nc2cc(C(F)(F)F)ccc2C(F)(F)F)ccc1Cl. The van der Waals surface area contributed by atoms with E-state index in [1.165, 1.54) is 0 Å². The quantitative estimate of drug-likeness (QED) is 0.690. The predicted octanol–water partition coefficient (Wildman–Crippen LogP) is 4.28. The number of primary sulfonamides is 1. The number of halogens is 7. The number of anilines is 1. The molecule has 1 amide bonds. The molecule has 2 aromatic rings. The summed E-state index contributed by atoms with van der Waals surface area (Å²) in [4.78, 5) is 11.5. The number of carbonyl (C=O) groups is 1. The molecule has 28 heavy (non-hydrogen) atoms. The second kappa shape index (κ2) is 7.26. The molecule has 0 saturated carbocycles. The summed E-state index contributed by atoms with van der Waals surface area (Å²) >= 11 is 5.64. The van der Waals surface area contributed by atoms with Crippen molar-refractivity contribution in [3.63, 3.8) is 0 Å². The Balaban J connectivity index is 2.51. The Morgan fingerprint density at radius 2 is 1.57 bits per heavy atom. The first-order valence-electron chi connectivity index (χ1n) is 7.03. The van der Waals surface area contributed by atoms with E-state index in [-0.39, 0.29) is 23.2 Å². The van der Waals surface area contributed by atoms with E-state index in [0.29, 0.717) is 6.07 Å². The Hall–Kier alpha value is -2.31. The molecule has 5 nitrogen and oxygen atoms in total. The van der Waals surface area contributed by atoms with E-state index in [4.69, 9.17) is 16.7 Å². The lowest BCUT2D eigenvalue weighted by atomic mass is 10.1. The van der Waals surface area contributed by atoms with E-state index in [2.05, 4.69) is 0 Å². The van der Waals surface area contributed by atoms with Crippen molar-refractivity contribution in [2.75, 3.05) is 5.32 Å². The van der Waals surface area contributed by atoms with E-state index >= 15 is 0 Å². The van der Waals surface area contributed by atoms with Gasteiger partial charge in [-0.1, -0.05) is 11.6 Å². The Bertz CT molecular complexity index is 1040. The van der Waals surface area contributed by atoms with Gasteiger partial charge in [-0.15, -0.1) is 0 Å². The average molecular weight is 447 g/mol. The zero-order chi connectivity index (χ0) is 21.5. The van der Waals surface area contributed by atoms with Crippen LogP contribution in [0.5, 0.6) is 0 Å². The van der Waals surface area contributed by atoms with E-state index < -0.39 is 55.6 Å². The maximum atomic E-state index is 13.1. The molecule has 0 bridgehead atoms. The van der Waals surface area contributed by atoms with Gasteiger partial charge in [-0.25, -0.2) is 13.6 Å². The number of amides is 1. The average Bonchev–Trinajstić information content (AvgIpc) is 2.52. The summed E-state index contributed by atoms with van der Waals surface area (Å²) < 4.78 is 100. The molecule has 0 aromatic heterocycles. The Labute approximate surface area is 159 Å². The molecule has 0 saturated heterocycles. The molecule has 13 heteroatoms. The van der Waals surface area contributed by atoms with Gasteiger partial charge in [0.1, 0.15) is 4.90 Å². The van der Waals surface area contributed by atoms with Gasteiger partial charge in [0.15, 0.2) is 0 Å². The summed E-state index contributed by atoms with van der Waals surface area (Å²) in [7, 11) is -4.36.